The molecule has 0 radical (unpaired) electrons. The van der Waals surface area contributed by atoms with Crippen molar-refractivity contribution in [1.29, 1.82) is 0 Å². The van der Waals surface area contributed by atoms with Crippen LogP contribution >= 0.6 is 12.2 Å². The molecule has 0 fully saturated rings. The first-order valence-electron chi connectivity index (χ1n) is 5.08. The van der Waals surface area contributed by atoms with Crippen molar-refractivity contribution >= 4 is 12.2 Å². The molecule has 0 aliphatic carbocycles. The average Bonchev–Trinajstić information content (AvgIpc) is 2.30. The van der Waals surface area contributed by atoms with Gasteiger partial charge in [0.15, 0.2) is 5.82 Å². The number of H-pyrrole nitrogens is 1. The zero-order valence-electron chi connectivity index (χ0n) is 9.19. The molecule has 2 aromatic heterocycles. The monoisotopic (exact) mass is 232 g/mol. The molecule has 0 amide bonds. The van der Waals surface area contributed by atoms with Crippen molar-refractivity contribution < 1.29 is 0 Å². The molecule has 0 bridgehead atoms. The lowest BCUT2D eigenvalue weighted by Gasteiger charge is -2.06. The first kappa shape index (κ1) is 10.9. The standard InChI is InChI=1S/C11H12N4S/c1-3-8-7(2)14-10(15-11(8)16)9-6-12-4-5-13-9/h4-6H,3H2,1-2H3,(H,14,15,16). The number of aryl methyl sites for hydroxylation is 1. The maximum Gasteiger partial charge on any atom is 0.159 e. The molecule has 4 nitrogen and oxygen atoms in total. The third-order valence-electron chi connectivity index (χ3n) is 2.39. The number of aromatic amines is 1. The van der Waals surface area contributed by atoms with Crippen LogP contribution in [-0.4, -0.2) is 19.9 Å². The fourth-order valence-corrected chi connectivity index (χ4v) is 1.96. The summed E-state index contributed by atoms with van der Waals surface area (Å²) in [6.45, 7) is 4.06. The molecular formula is C11H12N4S. The molecule has 2 aromatic rings. The predicted octanol–water partition coefficient (Wildman–Crippen LogP) is 2.47. The van der Waals surface area contributed by atoms with Crippen molar-refractivity contribution in [2.24, 2.45) is 0 Å². The molecule has 2 heterocycles. The van der Waals surface area contributed by atoms with Crippen LogP contribution in [0.5, 0.6) is 0 Å². The van der Waals surface area contributed by atoms with E-state index in [1.807, 2.05) is 6.92 Å². The minimum absolute atomic E-state index is 0.638. The Hall–Kier alpha value is -1.62. The fourth-order valence-electron chi connectivity index (χ4n) is 1.57. The van der Waals surface area contributed by atoms with Crippen LogP contribution in [0.4, 0.5) is 0 Å². The number of hydrogen-bond acceptors (Lipinski definition) is 4. The Morgan fingerprint density at radius 3 is 2.75 bits per heavy atom. The molecule has 0 aliphatic rings. The van der Waals surface area contributed by atoms with Crippen LogP contribution in [0, 0.1) is 11.6 Å². The Balaban J connectivity index is 2.57. The van der Waals surface area contributed by atoms with E-state index in [4.69, 9.17) is 12.2 Å². The van der Waals surface area contributed by atoms with E-state index in [9.17, 15) is 0 Å². The quantitative estimate of drug-likeness (QED) is 0.808. The van der Waals surface area contributed by atoms with Gasteiger partial charge in [-0.05, 0) is 13.3 Å². The molecule has 82 valence electrons. The largest absolute Gasteiger partial charge is 0.342 e. The molecular weight excluding hydrogens is 220 g/mol. The van der Waals surface area contributed by atoms with Crippen molar-refractivity contribution in [3.63, 3.8) is 0 Å². The van der Waals surface area contributed by atoms with Gasteiger partial charge in [-0.25, -0.2) is 9.97 Å². The summed E-state index contributed by atoms with van der Waals surface area (Å²) in [5, 5.41) is 0. The average molecular weight is 232 g/mol. The summed E-state index contributed by atoms with van der Waals surface area (Å²) in [4.78, 5) is 15.7. The molecule has 5 heteroatoms. The van der Waals surface area contributed by atoms with Gasteiger partial charge in [0, 0.05) is 23.7 Å². The maximum absolute atomic E-state index is 5.25. The summed E-state index contributed by atoms with van der Waals surface area (Å²) < 4.78 is 0.638. The lowest BCUT2D eigenvalue weighted by Crippen LogP contribution is -2.00. The van der Waals surface area contributed by atoms with Crippen LogP contribution in [0.2, 0.25) is 0 Å². The Morgan fingerprint density at radius 2 is 2.19 bits per heavy atom. The second kappa shape index (κ2) is 4.49. The summed E-state index contributed by atoms with van der Waals surface area (Å²) in [5.74, 6) is 0.674. The van der Waals surface area contributed by atoms with Gasteiger partial charge in [-0.1, -0.05) is 19.1 Å². The first-order valence-corrected chi connectivity index (χ1v) is 5.49. The third-order valence-corrected chi connectivity index (χ3v) is 2.73. The van der Waals surface area contributed by atoms with Crippen LogP contribution < -0.4 is 0 Å². The van der Waals surface area contributed by atoms with Gasteiger partial charge in [0.25, 0.3) is 0 Å². The van der Waals surface area contributed by atoms with E-state index >= 15 is 0 Å². The Morgan fingerprint density at radius 1 is 1.38 bits per heavy atom. The highest BCUT2D eigenvalue weighted by Crippen LogP contribution is 2.14. The van der Waals surface area contributed by atoms with Gasteiger partial charge >= 0.3 is 0 Å². The number of rotatable bonds is 2. The predicted molar refractivity (Wildman–Crippen MR) is 64.6 cm³/mol. The minimum atomic E-state index is 0.638. The molecule has 0 saturated heterocycles. The zero-order valence-corrected chi connectivity index (χ0v) is 10.0. The van der Waals surface area contributed by atoms with Crippen molar-refractivity contribution in [2.75, 3.05) is 0 Å². The van der Waals surface area contributed by atoms with Crippen molar-refractivity contribution in [1.82, 2.24) is 19.9 Å². The van der Waals surface area contributed by atoms with Crippen LogP contribution in [0.3, 0.4) is 0 Å². The summed E-state index contributed by atoms with van der Waals surface area (Å²) in [6.07, 6.45) is 5.82. The summed E-state index contributed by atoms with van der Waals surface area (Å²) in [6, 6.07) is 0. The van der Waals surface area contributed by atoms with Crippen LogP contribution in [0.25, 0.3) is 11.5 Å². The minimum Gasteiger partial charge on any atom is -0.342 e. The van der Waals surface area contributed by atoms with Gasteiger partial charge in [-0.2, -0.15) is 0 Å². The Kier molecular flexibility index (Phi) is 3.05. The molecule has 16 heavy (non-hydrogen) atoms. The van der Waals surface area contributed by atoms with Crippen LogP contribution in [0.15, 0.2) is 18.6 Å². The van der Waals surface area contributed by atoms with E-state index in [0.717, 1.165) is 17.7 Å². The molecule has 1 N–H and O–H groups in total. The summed E-state index contributed by atoms with van der Waals surface area (Å²) >= 11 is 5.25. The highest BCUT2D eigenvalue weighted by molar-refractivity contribution is 7.71. The van der Waals surface area contributed by atoms with Crippen molar-refractivity contribution in [3.8, 4) is 11.5 Å². The normalized spacial score (nSPS) is 10.4. The van der Waals surface area contributed by atoms with Gasteiger partial charge in [0.1, 0.15) is 10.3 Å². The van der Waals surface area contributed by atoms with E-state index in [0.29, 0.717) is 16.2 Å². The molecule has 0 unspecified atom stereocenters. The van der Waals surface area contributed by atoms with E-state index < -0.39 is 0 Å². The van der Waals surface area contributed by atoms with Crippen LogP contribution in [-0.2, 0) is 6.42 Å². The fraction of sp³-hybridized carbons (Fsp3) is 0.273. The van der Waals surface area contributed by atoms with Gasteiger partial charge in [-0.3, -0.25) is 4.98 Å². The van der Waals surface area contributed by atoms with E-state index in [1.165, 1.54) is 0 Å². The number of nitrogens with one attached hydrogen (secondary N) is 1. The zero-order chi connectivity index (χ0) is 11.5. The first-order chi connectivity index (χ1) is 7.72. The second-order valence-electron chi connectivity index (χ2n) is 3.44. The highest BCUT2D eigenvalue weighted by Gasteiger charge is 2.06. The second-order valence-corrected chi connectivity index (χ2v) is 3.83. The van der Waals surface area contributed by atoms with Gasteiger partial charge < -0.3 is 4.98 Å². The number of aromatic nitrogens is 4. The lowest BCUT2D eigenvalue weighted by molar-refractivity contribution is 0.979. The summed E-state index contributed by atoms with van der Waals surface area (Å²) in [7, 11) is 0. The topological polar surface area (TPSA) is 54.5 Å². The van der Waals surface area contributed by atoms with Crippen molar-refractivity contribution in [3.05, 3.63) is 34.5 Å². The SMILES string of the molecule is CCc1c(C)[nH]c(-c2cnccn2)nc1=S. The Bertz CT molecular complexity index is 548. The molecule has 0 atom stereocenters. The Labute approximate surface area is 98.8 Å². The highest BCUT2D eigenvalue weighted by atomic mass is 32.1. The van der Waals surface area contributed by atoms with E-state index in [2.05, 4.69) is 26.9 Å². The number of hydrogen-bond donors (Lipinski definition) is 1. The molecule has 0 aliphatic heterocycles. The molecule has 0 saturated carbocycles. The van der Waals surface area contributed by atoms with Gasteiger partial charge in [0.05, 0.1) is 6.20 Å². The maximum atomic E-state index is 5.25. The molecule has 0 aromatic carbocycles. The smallest absolute Gasteiger partial charge is 0.159 e. The van der Waals surface area contributed by atoms with Crippen LogP contribution in [0.1, 0.15) is 18.2 Å². The molecule has 0 spiro atoms. The van der Waals surface area contributed by atoms with E-state index in [-0.39, 0.29) is 0 Å². The molecule has 2 rings (SSSR count). The summed E-state index contributed by atoms with van der Waals surface area (Å²) in [5.41, 5.74) is 2.84. The lowest BCUT2D eigenvalue weighted by atomic mass is 10.2. The van der Waals surface area contributed by atoms with Gasteiger partial charge in [0.2, 0.25) is 0 Å². The van der Waals surface area contributed by atoms with Crippen molar-refractivity contribution in [2.45, 2.75) is 20.3 Å². The third kappa shape index (κ3) is 1.99. The number of nitrogens with zero attached hydrogens (tertiary/aromatic N) is 3. The van der Waals surface area contributed by atoms with E-state index in [1.54, 1.807) is 18.6 Å². The van der Waals surface area contributed by atoms with Gasteiger partial charge in [-0.15, -0.1) is 0 Å².